The minimum Gasteiger partial charge on any atom is -0.346 e. The summed E-state index contributed by atoms with van der Waals surface area (Å²) < 4.78 is 13.5. The largest absolute Gasteiger partial charge is 0.470 e. The Morgan fingerprint density at radius 2 is 2.09 bits per heavy atom. The third-order valence-corrected chi connectivity index (χ3v) is 7.29. The summed E-state index contributed by atoms with van der Waals surface area (Å²) in [6.45, 7) is 0. The lowest BCUT2D eigenvalue weighted by Crippen LogP contribution is -2.28. The first-order valence-corrected chi connectivity index (χ1v) is 11.4. The SMILES string of the molecule is N#CCC(c1cncc(C2([S+]=O)CCCCC2)c1)n1cc(-c2ncnc3[nH]ccc23)cn1. The maximum Gasteiger partial charge on any atom is 0.470 e. The highest BCUT2D eigenvalue weighted by molar-refractivity contribution is 7.66. The molecule has 1 aliphatic rings. The Balaban J connectivity index is 1.52. The molecule has 4 aromatic heterocycles. The average molecular weight is 445 g/mol. The molecule has 1 aliphatic carbocycles. The van der Waals surface area contributed by atoms with Crippen molar-refractivity contribution in [2.75, 3.05) is 0 Å². The summed E-state index contributed by atoms with van der Waals surface area (Å²) in [5.41, 5.74) is 4.24. The van der Waals surface area contributed by atoms with Gasteiger partial charge in [0.25, 0.3) is 4.75 Å². The van der Waals surface area contributed by atoms with Crippen molar-refractivity contribution in [2.45, 2.75) is 49.3 Å². The molecule has 4 aromatic rings. The van der Waals surface area contributed by atoms with Crippen molar-refractivity contribution in [3.8, 4) is 17.3 Å². The van der Waals surface area contributed by atoms with Crippen LogP contribution in [-0.2, 0) is 20.6 Å². The van der Waals surface area contributed by atoms with E-state index in [2.05, 4.69) is 31.1 Å². The Morgan fingerprint density at radius 1 is 1.22 bits per heavy atom. The van der Waals surface area contributed by atoms with Crippen LogP contribution < -0.4 is 0 Å². The highest BCUT2D eigenvalue weighted by Gasteiger charge is 2.47. The summed E-state index contributed by atoms with van der Waals surface area (Å²) in [4.78, 5) is 16.2. The molecule has 1 unspecified atom stereocenters. The molecule has 32 heavy (non-hydrogen) atoms. The van der Waals surface area contributed by atoms with Gasteiger partial charge in [-0.3, -0.25) is 9.67 Å². The van der Waals surface area contributed by atoms with E-state index in [1.807, 2.05) is 24.5 Å². The number of nitrogens with zero attached hydrogens (tertiary/aromatic N) is 6. The fourth-order valence-electron chi connectivity index (χ4n) is 4.62. The predicted molar refractivity (Wildman–Crippen MR) is 121 cm³/mol. The molecule has 0 aromatic carbocycles. The van der Waals surface area contributed by atoms with Crippen molar-refractivity contribution in [1.29, 1.82) is 5.26 Å². The zero-order valence-corrected chi connectivity index (χ0v) is 18.3. The highest BCUT2D eigenvalue weighted by Crippen LogP contribution is 2.40. The van der Waals surface area contributed by atoms with E-state index in [4.69, 9.17) is 0 Å². The number of fused-ring (bicyclic) bond motifs is 1. The smallest absolute Gasteiger partial charge is 0.346 e. The lowest BCUT2D eigenvalue weighted by molar-refractivity contribution is 0.395. The number of nitrogens with one attached hydrogen (secondary N) is 1. The highest BCUT2D eigenvalue weighted by atomic mass is 32.1. The second-order valence-electron chi connectivity index (χ2n) is 8.19. The van der Waals surface area contributed by atoms with E-state index in [0.29, 0.717) is 11.7 Å². The number of aromatic nitrogens is 6. The summed E-state index contributed by atoms with van der Waals surface area (Å²) in [6.07, 6.45) is 15.8. The zero-order valence-electron chi connectivity index (χ0n) is 17.4. The lowest BCUT2D eigenvalue weighted by Gasteiger charge is -2.23. The maximum atomic E-state index is 12.1. The van der Waals surface area contributed by atoms with Gasteiger partial charge in [0.15, 0.2) is 0 Å². The standard InChI is InChI=1S/C23H22N7OS/c24-8-4-20(16-10-18(13-25-11-16)23(32-31)6-2-1-3-7-23)30-14-17(12-29-30)21-19-5-9-26-22(19)28-15-27-21/h5,9-15,20H,1-4,6-7H2,(H,26,27,28)/q+1. The first kappa shape index (κ1) is 20.4. The van der Waals surface area contributed by atoms with Crippen molar-refractivity contribution in [3.05, 3.63) is 60.6 Å². The summed E-state index contributed by atoms with van der Waals surface area (Å²) >= 11 is 0.685. The molecule has 0 radical (unpaired) electrons. The van der Waals surface area contributed by atoms with Gasteiger partial charge in [-0.15, -0.1) is 0 Å². The van der Waals surface area contributed by atoms with Crippen molar-refractivity contribution in [3.63, 3.8) is 0 Å². The zero-order chi connectivity index (χ0) is 22.0. The van der Waals surface area contributed by atoms with Crippen LogP contribution in [0.15, 0.2) is 49.4 Å². The molecule has 160 valence electrons. The Morgan fingerprint density at radius 3 is 2.91 bits per heavy atom. The minimum atomic E-state index is -0.436. The summed E-state index contributed by atoms with van der Waals surface area (Å²) in [7, 11) is 0. The van der Waals surface area contributed by atoms with E-state index in [0.717, 1.165) is 59.1 Å². The number of H-pyrrole nitrogens is 1. The molecule has 1 N–H and O–H groups in total. The maximum absolute atomic E-state index is 12.1. The van der Waals surface area contributed by atoms with Gasteiger partial charge in [-0.25, -0.2) is 9.97 Å². The van der Waals surface area contributed by atoms with Gasteiger partial charge < -0.3 is 4.98 Å². The van der Waals surface area contributed by atoms with Crippen LogP contribution in [0, 0.1) is 11.3 Å². The second kappa shape index (κ2) is 8.55. The molecule has 8 nitrogen and oxygen atoms in total. The molecule has 0 saturated heterocycles. The molecule has 5 rings (SSSR count). The van der Waals surface area contributed by atoms with Gasteiger partial charge in [0.05, 0.1) is 30.4 Å². The normalized spacial score (nSPS) is 16.5. The third kappa shape index (κ3) is 3.56. The van der Waals surface area contributed by atoms with Gasteiger partial charge in [0, 0.05) is 58.4 Å². The predicted octanol–water partition coefficient (Wildman–Crippen LogP) is 4.31. The fraction of sp³-hybridized carbons (Fsp3) is 0.348. The number of aromatic amines is 1. The Bertz CT molecular complexity index is 1300. The van der Waals surface area contributed by atoms with Crippen LogP contribution in [0.1, 0.15) is 55.7 Å². The monoisotopic (exact) mass is 444 g/mol. The van der Waals surface area contributed by atoms with Crippen LogP contribution in [-0.4, -0.2) is 29.7 Å². The fourth-order valence-corrected chi connectivity index (χ4v) is 5.28. The Kier molecular flexibility index (Phi) is 5.45. The van der Waals surface area contributed by atoms with E-state index >= 15 is 0 Å². The lowest BCUT2D eigenvalue weighted by atomic mass is 9.83. The van der Waals surface area contributed by atoms with E-state index < -0.39 is 4.75 Å². The number of hydrogen-bond acceptors (Lipinski definition) is 6. The van der Waals surface area contributed by atoms with Crippen molar-refractivity contribution in [2.24, 2.45) is 0 Å². The van der Waals surface area contributed by atoms with Crippen LogP contribution in [0.5, 0.6) is 0 Å². The molecule has 9 heteroatoms. The number of nitriles is 1. The van der Waals surface area contributed by atoms with E-state index in [1.165, 1.54) is 12.7 Å². The summed E-state index contributed by atoms with van der Waals surface area (Å²) in [6, 6.07) is 5.95. The molecule has 1 atom stereocenters. The molecule has 4 heterocycles. The van der Waals surface area contributed by atoms with E-state index in [-0.39, 0.29) is 12.5 Å². The quantitative estimate of drug-likeness (QED) is 0.444. The van der Waals surface area contributed by atoms with Crippen LogP contribution in [0.3, 0.4) is 0 Å². The number of rotatable bonds is 6. The van der Waals surface area contributed by atoms with Crippen LogP contribution in [0.25, 0.3) is 22.3 Å². The molecule has 0 amide bonds. The Hall–Kier alpha value is -3.51. The topological polar surface area (TPSA) is 113 Å². The van der Waals surface area contributed by atoms with E-state index in [1.54, 1.807) is 23.3 Å². The van der Waals surface area contributed by atoms with Crippen molar-refractivity contribution >= 4 is 22.7 Å². The van der Waals surface area contributed by atoms with Crippen LogP contribution in [0.4, 0.5) is 0 Å². The average Bonchev–Trinajstić information content (AvgIpc) is 3.53. The van der Waals surface area contributed by atoms with Crippen molar-refractivity contribution < 1.29 is 4.21 Å². The first-order valence-electron chi connectivity index (χ1n) is 10.7. The third-order valence-electron chi connectivity index (χ3n) is 6.32. The van der Waals surface area contributed by atoms with Gasteiger partial charge in [-0.1, -0.05) is 6.42 Å². The molecule has 0 spiro atoms. The molecule has 0 aliphatic heterocycles. The number of hydrogen-bond donors (Lipinski definition) is 1. The van der Waals surface area contributed by atoms with Crippen LogP contribution in [0.2, 0.25) is 0 Å². The van der Waals surface area contributed by atoms with Gasteiger partial charge in [0.2, 0.25) is 0 Å². The molecular formula is C23H22N7OS+. The first-order chi connectivity index (χ1) is 15.7. The second-order valence-corrected chi connectivity index (χ2v) is 9.14. The Labute approximate surface area is 189 Å². The van der Waals surface area contributed by atoms with Gasteiger partial charge in [-0.05, 0) is 30.5 Å². The van der Waals surface area contributed by atoms with Crippen LogP contribution >= 0.6 is 0 Å². The minimum absolute atomic E-state index is 0.243. The molecule has 1 saturated carbocycles. The molecule has 1 fully saturated rings. The molecule has 0 bridgehead atoms. The van der Waals surface area contributed by atoms with Gasteiger partial charge in [-0.2, -0.15) is 10.4 Å². The number of pyridine rings is 1. The summed E-state index contributed by atoms with van der Waals surface area (Å²) in [5.74, 6) is 0. The van der Waals surface area contributed by atoms with Gasteiger partial charge >= 0.3 is 11.7 Å². The van der Waals surface area contributed by atoms with Crippen molar-refractivity contribution in [1.82, 2.24) is 29.7 Å². The summed E-state index contributed by atoms with van der Waals surface area (Å²) in [5, 5.41) is 15.0. The van der Waals surface area contributed by atoms with E-state index in [9.17, 15) is 9.47 Å². The van der Waals surface area contributed by atoms with Gasteiger partial charge in [0.1, 0.15) is 12.0 Å². The molecular weight excluding hydrogens is 422 g/mol.